The Labute approximate surface area is 250 Å². The number of aromatic nitrogens is 3. The molecule has 2 aliphatic rings. The molecule has 0 aliphatic carbocycles. The van der Waals surface area contributed by atoms with Gasteiger partial charge in [0.1, 0.15) is 11.7 Å². The Morgan fingerprint density at radius 1 is 1.05 bits per heavy atom. The summed E-state index contributed by atoms with van der Waals surface area (Å²) >= 11 is 5.92. The van der Waals surface area contributed by atoms with Gasteiger partial charge in [-0.1, -0.05) is 47.2 Å². The van der Waals surface area contributed by atoms with Crippen molar-refractivity contribution in [1.29, 1.82) is 0 Å². The number of hydrogen-bond acceptors (Lipinski definition) is 6. The number of carbonyl (C=O) groups is 3. The Kier molecular flexibility index (Phi) is 7.75. The van der Waals surface area contributed by atoms with Gasteiger partial charge in [0.25, 0.3) is 11.8 Å². The fourth-order valence-electron chi connectivity index (χ4n) is 5.54. The molecule has 3 aromatic carbocycles. The van der Waals surface area contributed by atoms with E-state index in [1.807, 2.05) is 18.2 Å². The molecule has 0 radical (unpaired) electrons. The average molecular weight is 601 g/mol. The molecule has 1 aromatic heterocycles. The number of benzene rings is 3. The maximum Gasteiger partial charge on any atom is 0.335 e. The van der Waals surface area contributed by atoms with Crippen molar-refractivity contribution in [1.82, 2.24) is 25.2 Å². The van der Waals surface area contributed by atoms with Gasteiger partial charge in [0.15, 0.2) is 11.5 Å². The molecule has 0 saturated heterocycles. The molecule has 0 fully saturated rings. The van der Waals surface area contributed by atoms with Crippen LogP contribution in [-0.4, -0.2) is 62.4 Å². The van der Waals surface area contributed by atoms with E-state index in [4.69, 9.17) is 11.6 Å². The second-order valence-corrected chi connectivity index (χ2v) is 10.6. The minimum Gasteiger partial charge on any atom is -0.478 e. The normalized spacial score (nSPS) is 16.3. The van der Waals surface area contributed by atoms with E-state index < -0.39 is 29.6 Å². The quantitative estimate of drug-likeness (QED) is 0.297. The van der Waals surface area contributed by atoms with Crippen LogP contribution in [-0.2, 0) is 11.2 Å². The number of rotatable bonds is 6. The first kappa shape index (κ1) is 28.3. The van der Waals surface area contributed by atoms with E-state index in [1.165, 1.54) is 53.1 Å². The first-order valence-corrected chi connectivity index (χ1v) is 14.0. The zero-order valence-electron chi connectivity index (χ0n) is 22.8. The molecule has 2 amide bonds. The van der Waals surface area contributed by atoms with Crippen LogP contribution in [0, 0.1) is 5.82 Å². The van der Waals surface area contributed by atoms with Crippen molar-refractivity contribution in [3.8, 4) is 5.69 Å². The minimum atomic E-state index is -1.08. The summed E-state index contributed by atoms with van der Waals surface area (Å²) in [6.07, 6.45) is 4.80. The van der Waals surface area contributed by atoms with E-state index in [2.05, 4.69) is 27.0 Å². The van der Waals surface area contributed by atoms with Gasteiger partial charge in [-0.2, -0.15) is 0 Å². The highest BCUT2D eigenvalue weighted by atomic mass is 35.5. The molecule has 2 aliphatic heterocycles. The Balaban J connectivity index is 1.37. The molecule has 6 rings (SSSR count). The highest BCUT2D eigenvalue weighted by Gasteiger charge is 2.38. The summed E-state index contributed by atoms with van der Waals surface area (Å²) in [7, 11) is 0. The van der Waals surface area contributed by atoms with Gasteiger partial charge in [0.05, 0.1) is 16.8 Å². The molecule has 218 valence electrons. The highest BCUT2D eigenvalue weighted by Crippen LogP contribution is 2.37. The van der Waals surface area contributed by atoms with Crippen LogP contribution in [0.15, 0.2) is 72.9 Å². The van der Waals surface area contributed by atoms with Gasteiger partial charge in [0.2, 0.25) is 0 Å². The summed E-state index contributed by atoms with van der Waals surface area (Å²) in [6.45, 7) is 1.82. The minimum absolute atomic E-state index is 0.0297. The van der Waals surface area contributed by atoms with Crippen molar-refractivity contribution in [2.24, 2.45) is 0 Å². The Hall–Kier alpha value is -4.87. The summed E-state index contributed by atoms with van der Waals surface area (Å²) < 4.78 is 15.8. The van der Waals surface area contributed by atoms with E-state index in [-0.39, 0.29) is 28.5 Å². The maximum absolute atomic E-state index is 14.6. The number of anilines is 1. The van der Waals surface area contributed by atoms with Crippen molar-refractivity contribution in [2.75, 3.05) is 25.0 Å². The second kappa shape index (κ2) is 11.8. The summed E-state index contributed by atoms with van der Waals surface area (Å²) in [5.41, 5.74) is 4.34. The third-order valence-electron chi connectivity index (χ3n) is 7.63. The molecule has 0 bridgehead atoms. The average Bonchev–Trinajstić information content (AvgIpc) is 3.52. The number of nitrogens with zero attached hydrogens (tertiary/aromatic N) is 4. The fraction of sp³-hybridized carbons (Fsp3) is 0.194. The molecule has 43 heavy (non-hydrogen) atoms. The molecule has 3 N–H and O–H groups in total. The summed E-state index contributed by atoms with van der Waals surface area (Å²) in [5.74, 6) is -2.80. The van der Waals surface area contributed by atoms with Crippen LogP contribution in [0.1, 0.15) is 50.0 Å². The monoisotopic (exact) mass is 600 g/mol. The predicted octanol–water partition coefficient (Wildman–Crippen LogP) is 4.51. The smallest absolute Gasteiger partial charge is 0.335 e. The van der Waals surface area contributed by atoms with Crippen LogP contribution in [0.2, 0.25) is 5.02 Å². The predicted molar refractivity (Wildman–Crippen MR) is 158 cm³/mol. The molecule has 12 heteroatoms. The van der Waals surface area contributed by atoms with E-state index in [0.29, 0.717) is 17.7 Å². The van der Waals surface area contributed by atoms with E-state index >= 15 is 0 Å². The van der Waals surface area contributed by atoms with Crippen molar-refractivity contribution in [2.45, 2.75) is 18.9 Å². The lowest BCUT2D eigenvalue weighted by Crippen LogP contribution is -2.45. The summed E-state index contributed by atoms with van der Waals surface area (Å²) in [5, 5.41) is 23.2. The lowest BCUT2D eigenvalue weighted by atomic mass is 9.84. The maximum atomic E-state index is 14.6. The first-order valence-electron chi connectivity index (χ1n) is 13.7. The highest BCUT2D eigenvalue weighted by molar-refractivity contribution is 6.30. The van der Waals surface area contributed by atoms with E-state index in [0.717, 1.165) is 35.3 Å². The summed E-state index contributed by atoms with van der Waals surface area (Å²) in [4.78, 5) is 40.6. The van der Waals surface area contributed by atoms with Crippen molar-refractivity contribution in [3.05, 3.63) is 112 Å². The van der Waals surface area contributed by atoms with Crippen LogP contribution in [0.3, 0.4) is 0 Å². The molecule has 0 spiro atoms. The van der Waals surface area contributed by atoms with Gasteiger partial charge in [-0.3, -0.25) is 9.59 Å². The third kappa shape index (κ3) is 5.52. The van der Waals surface area contributed by atoms with Crippen LogP contribution < -0.4 is 10.6 Å². The number of halogens is 2. The van der Waals surface area contributed by atoms with Crippen LogP contribution in [0.5, 0.6) is 0 Å². The van der Waals surface area contributed by atoms with E-state index in [9.17, 15) is 23.9 Å². The van der Waals surface area contributed by atoms with Gasteiger partial charge >= 0.3 is 5.97 Å². The number of aromatic carboxylic acids is 1. The number of carboxylic acid groups (broad SMARTS) is 1. The molecular weight excluding hydrogens is 575 g/mol. The molecule has 3 heterocycles. The van der Waals surface area contributed by atoms with Crippen LogP contribution in [0.4, 0.5) is 10.1 Å². The Bertz CT molecular complexity index is 1770. The molecule has 1 atom stereocenters. The molecule has 1 unspecified atom stereocenters. The number of amides is 2. The van der Waals surface area contributed by atoms with Crippen molar-refractivity contribution >= 4 is 40.6 Å². The number of carbonyl (C=O) groups excluding carboxylic acids is 2. The fourth-order valence-corrected chi connectivity index (χ4v) is 5.71. The van der Waals surface area contributed by atoms with Crippen molar-refractivity contribution < 1.29 is 23.9 Å². The molecular formula is C31H26ClFN6O4. The number of hydrogen-bond donors (Lipinski definition) is 3. The SMILES string of the molecule is O=C(O)c1ccc(NC(=O)C2c3cccc(C4=CCNCC4)c3CCN2C(=O)c2cn(-c3cccc(Cl)c3F)nn2)cc1. The van der Waals surface area contributed by atoms with Gasteiger partial charge in [0, 0.05) is 18.8 Å². The lowest BCUT2D eigenvalue weighted by Gasteiger charge is -2.37. The van der Waals surface area contributed by atoms with Gasteiger partial charge in [-0.15, -0.1) is 5.10 Å². The van der Waals surface area contributed by atoms with Crippen molar-refractivity contribution in [3.63, 3.8) is 0 Å². The number of carboxylic acids is 1. The summed E-state index contributed by atoms with van der Waals surface area (Å²) in [6, 6.07) is 15.0. The van der Waals surface area contributed by atoms with E-state index in [1.54, 1.807) is 6.07 Å². The standard InChI is InChI=1S/C31H26ClFN6O4/c32-24-5-2-6-26(27(24)33)39-17-25(36-37-39)30(41)38-16-13-22-21(18-11-14-34-15-12-18)3-1-4-23(22)28(38)29(40)35-20-9-7-19(8-10-20)31(42)43/h1-11,17,28,34H,12-16H2,(H,35,40)(H,42,43). The molecule has 4 aromatic rings. The number of fused-ring (bicyclic) bond motifs is 1. The number of nitrogens with one attached hydrogen (secondary N) is 2. The lowest BCUT2D eigenvalue weighted by molar-refractivity contribution is -0.121. The molecule has 10 nitrogen and oxygen atoms in total. The van der Waals surface area contributed by atoms with Gasteiger partial charge < -0.3 is 20.6 Å². The molecule has 0 saturated carbocycles. The third-order valence-corrected chi connectivity index (χ3v) is 7.92. The van der Waals surface area contributed by atoms with Crippen LogP contribution >= 0.6 is 11.6 Å². The zero-order chi connectivity index (χ0) is 30.1. The second-order valence-electron chi connectivity index (χ2n) is 10.2. The zero-order valence-corrected chi connectivity index (χ0v) is 23.5. The van der Waals surface area contributed by atoms with Gasteiger partial charge in [-0.05, 0) is 78.0 Å². The first-order chi connectivity index (χ1) is 20.8. The van der Waals surface area contributed by atoms with Gasteiger partial charge in [-0.25, -0.2) is 13.9 Å². The topological polar surface area (TPSA) is 129 Å². The van der Waals surface area contributed by atoms with Crippen LogP contribution in [0.25, 0.3) is 11.3 Å². The Morgan fingerprint density at radius 2 is 1.84 bits per heavy atom. The Morgan fingerprint density at radius 3 is 2.58 bits per heavy atom. The largest absolute Gasteiger partial charge is 0.478 e.